The van der Waals surface area contributed by atoms with E-state index < -0.39 is 29.8 Å². The topological polar surface area (TPSA) is 106 Å². The number of hydrogen-bond donors (Lipinski definition) is 2. The number of benzene rings is 2. The Hall–Kier alpha value is -3.26. The summed E-state index contributed by atoms with van der Waals surface area (Å²) in [5.41, 5.74) is 1.52. The van der Waals surface area contributed by atoms with Crippen LogP contribution in [0.5, 0.6) is 17.2 Å². The van der Waals surface area contributed by atoms with Crippen molar-refractivity contribution in [2.75, 3.05) is 27.0 Å². The quantitative estimate of drug-likeness (QED) is 0.763. The molecule has 29 heavy (non-hydrogen) atoms. The fourth-order valence-electron chi connectivity index (χ4n) is 4.25. The monoisotopic (exact) mass is 399 g/mol. The lowest BCUT2D eigenvalue weighted by molar-refractivity contribution is -0.144. The Morgan fingerprint density at radius 2 is 1.76 bits per heavy atom. The van der Waals surface area contributed by atoms with E-state index in [2.05, 4.69) is 0 Å². The smallest absolute Gasteiger partial charge is 0.317 e. The zero-order valence-electron chi connectivity index (χ0n) is 15.8. The number of hydrogen-bond acceptors (Lipinski definition) is 6. The molecule has 0 spiro atoms. The number of ether oxygens (including phenoxy) is 3. The second-order valence-electron chi connectivity index (χ2n) is 7.12. The first-order valence-corrected chi connectivity index (χ1v) is 9.20. The summed E-state index contributed by atoms with van der Waals surface area (Å²) in [4.78, 5) is 25.5. The van der Waals surface area contributed by atoms with Crippen LogP contribution >= 0.6 is 0 Å². The van der Waals surface area contributed by atoms with Crippen molar-refractivity contribution in [2.24, 2.45) is 5.92 Å². The lowest BCUT2D eigenvalue weighted by Gasteiger charge is -2.26. The molecule has 1 fully saturated rings. The van der Waals surface area contributed by atoms with Crippen LogP contribution in [0.15, 0.2) is 42.5 Å². The van der Waals surface area contributed by atoms with E-state index in [0.717, 1.165) is 11.1 Å². The van der Waals surface area contributed by atoms with Gasteiger partial charge in [0.2, 0.25) is 6.79 Å². The summed E-state index contributed by atoms with van der Waals surface area (Å²) < 4.78 is 16.0. The third kappa shape index (κ3) is 3.58. The van der Waals surface area contributed by atoms with E-state index in [4.69, 9.17) is 14.2 Å². The summed E-state index contributed by atoms with van der Waals surface area (Å²) in [5.74, 6) is -1.34. The molecule has 0 amide bonds. The average molecular weight is 399 g/mol. The minimum absolute atomic E-state index is 0.130. The first-order chi connectivity index (χ1) is 14.0. The fraction of sp³-hybridized carbons (Fsp3) is 0.333. The number of nitrogens with zero attached hydrogens (tertiary/aromatic N) is 1. The van der Waals surface area contributed by atoms with E-state index in [1.807, 2.05) is 6.07 Å². The minimum Gasteiger partial charge on any atom is -0.497 e. The van der Waals surface area contributed by atoms with Crippen molar-refractivity contribution in [3.8, 4) is 17.2 Å². The molecule has 0 bridgehead atoms. The van der Waals surface area contributed by atoms with Crippen LogP contribution in [0.2, 0.25) is 0 Å². The van der Waals surface area contributed by atoms with Crippen LogP contribution < -0.4 is 14.2 Å². The zero-order chi connectivity index (χ0) is 20.5. The Balaban J connectivity index is 1.74. The van der Waals surface area contributed by atoms with Crippen molar-refractivity contribution < 1.29 is 34.0 Å². The molecule has 2 heterocycles. The van der Waals surface area contributed by atoms with Gasteiger partial charge in [-0.1, -0.05) is 18.2 Å². The van der Waals surface area contributed by atoms with Crippen LogP contribution in [-0.2, 0) is 9.59 Å². The van der Waals surface area contributed by atoms with Crippen LogP contribution in [0.4, 0.5) is 0 Å². The summed E-state index contributed by atoms with van der Waals surface area (Å²) in [6.45, 7) is 0.187. The normalized spacial score (nSPS) is 23.1. The molecule has 1 saturated heterocycles. The van der Waals surface area contributed by atoms with Crippen molar-refractivity contribution in [1.82, 2.24) is 4.90 Å². The summed E-state index contributed by atoms with van der Waals surface area (Å²) >= 11 is 0. The van der Waals surface area contributed by atoms with Crippen molar-refractivity contribution in [1.29, 1.82) is 0 Å². The summed E-state index contributed by atoms with van der Waals surface area (Å²) in [6.07, 6.45) is 0. The Labute approximate surface area is 167 Å². The molecule has 0 aliphatic carbocycles. The first kappa shape index (κ1) is 19.1. The zero-order valence-corrected chi connectivity index (χ0v) is 15.8. The first-order valence-electron chi connectivity index (χ1n) is 9.20. The maximum atomic E-state index is 12.3. The van der Waals surface area contributed by atoms with Gasteiger partial charge in [-0.05, 0) is 35.4 Å². The molecule has 0 unspecified atom stereocenters. The van der Waals surface area contributed by atoms with Crippen molar-refractivity contribution in [2.45, 2.75) is 12.0 Å². The molecule has 0 saturated carbocycles. The van der Waals surface area contributed by atoms with E-state index in [1.165, 1.54) is 0 Å². The van der Waals surface area contributed by atoms with E-state index in [0.29, 0.717) is 23.8 Å². The number of likely N-dealkylation sites (tertiary alicyclic amines) is 1. The van der Waals surface area contributed by atoms with Gasteiger partial charge in [-0.15, -0.1) is 0 Å². The van der Waals surface area contributed by atoms with Crippen LogP contribution in [0, 0.1) is 5.92 Å². The number of rotatable bonds is 6. The minimum atomic E-state index is -1.00. The Bertz CT molecular complexity index is 927. The van der Waals surface area contributed by atoms with Gasteiger partial charge in [0, 0.05) is 18.5 Å². The number of methoxy groups -OCH3 is 1. The molecule has 2 aromatic carbocycles. The lowest BCUT2D eigenvalue weighted by atomic mass is 9.82. The maximum Gasteiger partial charge on any atom is 0.317 e. The Kier molecular flexibility index (Phi) is 5.02. The highest BCUT2D eigenvalue weighted by Gasteiger charge is 2.48. The van der Waals surface area contributed by atoms with Crippen molar-refractivity contribution >= 4 is 11.9 Å². The van der Waals surface area contributed by atoms with Crippen molar-refractivity contribution in [3.05, 3.63) is 53.6 Å². The molecule has 8 heteroatoms. The molecular formula is C21H21NO7. The molecule has 3 atom stereocenters. The Morgan fingerprint density at radius 3 is 2.41 bits per heavy atom. The average Bonchev–Trinajstić information content (AvgIpc) is 3.31. The number of carboxylic acid groups (broad SMARTS) is 2. The van der Waals surface area contributed by atoms with Crippen molar-refractivity contribution in [3.63, 3.8) is 0 Å². The highest BCUT2D eigenvalue weighted by atomic mass is 16.7. The van der Waals surface area contributed by atoms with Gasteiger partial charge in [-0.3, -0.25) is 14.5 Å². The van der Waals surface area contributed by atoms with Gasteiger partial charge in [-0.25, -0.2) is 0 Å². The molecule has 2 aliphatic heterocycles. The molecule has 4 rings (SSSR count). The van der Waals surface area contributed by atoms with E-state index in [-0.39, 0.29) is 13.3 Å². The molecule has 2 N–H and O–H groups in total. The summed E-state index contributed by atoms with van der Waals surface area (Å²) in [5, 5.41) is 19.5. The van der Waals surface area contributed by atoms with E-state index >= 15 is 0 Å². The third-order valence-electron chi connectivity index (χ3n) is 5.50. The predicted octanol–water partition coefficient (Wildman–Crippen LogP) is 2.35. The fourth-order valence-corrected chi connectivity index (χ4v) is 4.25. The Morgan fingerprint density at radius 1 is 1.07 bits per heavy atom. The molecule has 0 aromatic heterocycles. The van der Waals surface area contributed by atoms with Crippen LogP contribution in [0.25, 0.3) is 0 Å². The number of carbonyl (C=O) groups is 2. The summed E-state index contributed by atoms with van der Waals surface area (Å²) in [7, 11) is 1.55. The maximum absolute atomic E-state index is 12.3. The predicted molar refractivity (Wildman–Crippen MR) is 101 cm³/mol. The standard InChI is InChI=1S/C21H21NO7/c1-27-14-5-2-12(3-6-14)20-19(21(25)26)15(9-22(20)10-18(23)24)13-4-7-16-17(8-13)29-11-28-16/h2-8,15,19-20H,9-11H2,1H3,(H,23,24)(H,25,26)/t15-,19-,20+/m1/s1. The number of fused-ring (bicyclic) bond motifs is 1. The van der Waals surface area contributed by atoms with Crippen LogP contribution in [0.3, 0.4) is 0 Å². The van der Waals surface area contributed by atoms with Gasteiger partial charge in [0.1, 0.15) is 5.75 Å². The van der Waals surface area contributed by atoms with Gasteiger partial charge < -0.3 is 24.4 Å². The molecule has 2 aromatic rings. The molecular weight excluding hydrogens is 378 g/mol. The SMILES string of the molecule is COc1ccc([C@H]2[C@H](C(=O)O)[C@@H](c3ccc4c(c3)OCO4)CN2CC(=O)O)cc1. The highest BCUT2D eigenvalue weighted by Crippen LogP contribution is 2.47. The van der Waals surface area contributed by atoms with Gasteiger partial charge in [0.15, 0.2) is 11.5 Å². The van der Waals surface area contributed by atoms with E-state index in [9.17, 15) is 19.8 Å². The van der Waals surface area contributed by atoms with Crippen LogP contribution in [0.1, 0.15) is 23.1 Å². The molecule has 0 radical (unpaired) electrons. The second kappa shape index (κ2) is 7.63. The second-order valence-corrected chi connectivity index (χ2v) is 7.12. The van der Waals surface area contributed by atoms with E-state index in [1.54, 1.807) is 48.4 Å². The molecule has 2 aliphatic rings. The molecule has 8 nitrogen and oxygen atoms in total. The third-order valence-corrected chi connectivity index (χ3v) is 5.50. The largest absolute Gasteiger partial charge is 0.497 e. The van der Waals surface area contributed by atoms with Gasteiger partial charge in [-0.2, -0.15) is 0 Å². The number of carboxylic acids is 2. The van der Waals surface area contributed by atoms with Gasteiger partial charge in [0.05, 0.1) is 19.6 Å². The lowest BCUT2D eigenvalue weighted by Crippen LogP contribution is -2.32. The summed E-state index contributed by atoms with van der Waals surface area (Å²) in [6, 6.07) is 11.9. The highest BCUT2D eigenvalue weighted by molar-refractivity contribution is 5.75. The van der Waals surface area contributed by atoms with Crippen LogP contribution in [-0.4, -0.2) is 54.0 Å². The van der Waals surface area contributed by atoms with Gasteiger partial charge in [0.25, 0.3) is 0 Å². The number of aliphatic carboxylic acids is 2. The van der Waals surface area contributed by atoms with Gasteiger partial charge >= 0.3 is 11.9 Å². The molecule has 152 valence electrons.